The molecule has 2 aliphatic heterocycles. The van der Waals surface area contributed by atoms with Gasteiger partial charge in [0.05, 0.1) is 0 Å². The minimum Gasteiger partial charge on any atom is -0.486 e. The summed E-state index contributed by atoms with van der Waals surface area (Å²) in [5.41, 5.74) is 0.678. The number of Topliss-reactive ketones (excluding diaryl/α,β-unsaturated/α-hetero) is 1. The zero-order valence-corrected chi connectivity index (χ0v) is 15.0. The molecular formula is C20H27NO4. The summed E-state index contributed by atoms with van der Waals surface area (Å²) in [6, 6.07) is 5.42. The van der Waals surface area contributed by atoms with E-state index in [0.29, 0.717) is 49.8 Å². The molecule has 1 saturated heterocycles. The van der Waals surface area contributed by atoms with E-state index in [1.54, 1.807) is 6.07 Å². The third-order valence-corrected chi connectivity index (χ3v) is 5.04. The van der Waals surface area contributed by atoms with E-state index in [9.17, 15) is 9.59 Å². The van der Waals surface area contributed by atoms with Crippen LogP contribution in [0.4, 0.5) is 0 Å². The van der Waals surface area contributed by atoms with Crippen molar-refractivity contribution in [2.75, 3.05) is 26.3 Å². The highest BCUT2D eigenvalue weighted by molar-refractivity contribution is 5.98. The Labute approximate surface area is 149 Å². The van der Waals surface area contributed by atoms with Gasteiger partial charge in [-0.1, -0.05) is 19.8 Å². The van der Waals surface area contributed by atoms with Crippen molar-refractivity contribution in [2.45, 2.75) is 45.4 Å². The number of carbonyl (C=O) groups is 2. The van der Waals surface area contributed by atoms with Gasteiger partial charge in [-0.25, -0.2) is 0 Å². The molecule has 0 spiro atoms. The maximum atomic E-state index is 12.8. The molecule has 0 atom stereocenters. The number of likely N-dealkylation sites (tertiary alicyclic amines) is 1. The molecule has 0 aliphatic carbocycles. The number of piperidine rings is 1. The van der Waals surface area contributed by atoms with Crippen LogP contribution < -0.4 is 9.47 Å². The Morgan fingerprint density at radius 1 is 1.08 bits per heavy atom. The second-order valence-corrected chi connectivity index (χ2v) is 6.83. The number of nitrogens with zero attached hydrogens (tertiary/aromatic N) is 1. The average Bonchev–Trinajstić information content (AvgIpc) is 2.67. The number of unbranched alkanes of at least 4 members (excludes halogenated alkanes) is 2. The first-order valence-electron chi connectivity index (χ1n) is 9.40. The molecule has 2 aliphatic rings. The summed E-state index contributed by atoms with van der Waals surface area (Å²) >= 11 is 0. The smallest absolute Gasteiger partial charge is 0.222 e. The van der Waals surface area contributed by atoms with Crippen LogP contribution in [0.2, 0.25) is 0 Å². The summed E-state index contributed by atoms with van der Waals surface area (Å²) in [5.74, 6) is 1.73. The van der Waals surface area contributed by atoms with Crippen LogP contribution in [0.5, 0.6) is 11.5 Å². The van der Waals surface area contributed by atoms with Crippen LogP contribution in [0, 0.1) is 5.92 Å². The van der Waals surface area contributed by atoms with E-state index in [-0.39, 0.29) is 17.6 Å². The van der Waals surface area contributed by atoms with Crippen LogP contribution in [-0.2, 0) is 4.79 Å². The molecule has 136 valence electrons. The summed E-state index contributed by atoms with van der Waals surface area (Å²) in [6.07, 6.45) is 5.31. The van der Waals surface area contributed by atoms with Crippen LogP contribution >= 0.6 is 0 Å². The summed E-state index contributed by atoms with van der Waals surface area (Å²) < 4.78 is 11.1. The second kappa shape index (κ2) is 8.37. The number of amides is 1. The predicted molar refractivity (Wildman–Crippen MR) is 95.2 cm³/mol. The number of ether oxygens (including phenoxy) is 2. The number of carbonyl (C=O) groups excluding carboxylic acids is 2. The molecule has 1 fully saturated rings. The van der Waals surface area contributed by atoms with E-state index < -0.39 is 0 Å². The average molecular weight is 345 g/mol. The summed E-state index contributed by atoms with van der Waals surface area (Å²) in [4.78, 5) is 26.9. The van der Waals surface area contributed by atoms with Crippen LogP contribution in [0.15, 0.2) is 18.2 Å². The van der Waals surface area contributed by atoms with E-state index in [0.717, 1.165) is 32.1 Å². The molecule has 3 rings (SSSR count). The number of ketones is 1. The van der Waals surface area contributed by atoms with Crippen molar-refractivity contribution in [1.29, 1.82) is 0 Å². The molecule has 1 aromatic rings. The molecule has 2 heterocycles. The van der Waals surface area contributed by atoms with Crippen LogP contribution in [0.3, 0.4) is 0 Å². The van der Waals surface area contributed by atoms with Gasteiger partial charge in [-0.15, -0.1) is 0 Å². The van der Waals surface area contributed by atoms with Gasteiger partial charge in [0.1, 0.15) is 13.2 Å². The van der Waals surface area contributed by atoms with E-state index in [1.807, 2.05) is 17.0 Å². The van der Waals surface area contributed by atoms with Crippen molar-refractivity contribution < 1.29 is 19.1 Å². The quantitative estimate of drug-likeness (QED) is 0.585. The lowest BCUT2D eigenvalue weighted by Gasteiger charge is -2.31. The normalized spacial score (nSPS) is 17.4. The Balaban J connectivity index is 1.54. The molecule has 0 unspecified atom stereocenters. The number of hydrogen-bond donors (Lipinski definition) is 0. The fraction of sp³-hybridized carbons (Fsp3) is 0.600. The Morgan fingerprint density at radius 3 is 2.52 bits per heavy atom. The van der Waals surface area contributed by atoms with Crippen molar-refractivity contribution in [2.24, 2.45) is 5.92 Å². The van der Waals surface area contributed by atoms with Gasteiger partial charge in [-0.3, -0.25) is 9.59 Å². The van der Waals surface area contributed by atoms with Gasteiger partial charge in [0, 0.05) is 31.0 Å². The van der Waals surface area contributed by atoms with Crippen LogP contribution in [-0.4, -0.2) is 42.9 Å². The number of rotatable bonds is 6. The van der Waals surface area contributed by atoms with Gasteiger partial charge in [-0.2, -0.15) is 0 Å². The van der Waals surface area contributed by atoms with Crippen molar-refractivity contribution in [3.05, 3.63) is 23.8 Å². The lowest BCUT2D eigenvalue weighted by molar-refractivity contribution is -0.132. The lowest BCUT2D eigenvalue weighted by atomic mass is 9.88. The molecular weight excluding hydrogens is 318 g/mol. The number of fused-ring (bicyclic) bond motifs is 1. The Morgan fingerprint density at radius 2 is 1.80 bits per heavy atom. The third kappa shape index (κ3) is 4.33. The van der Waals surface area contributed by atoms with Crippen molar-refractivity contribution in [3.8, 4) is 11.5 Å². The fourth-order valence-corrected chi connectivity index (χ4v) is 3.51. The molecule has 1 aromatic carbocycles. The molecule has 0 bridgehead atoms. The predicted octanol–water partition coefficient (Wildman–Crippen LogP) is 3.46. The monoisotopic (exact) mass is 345 g/mol. The number of hydrogen-bond acceptors (Lipinski definition) is 4. The van der Waals surface area contributed by atoms with Crippen molar-refractivity contribution in [1.82, 2.24) is 4.90 Å². The van der Waals surface area contributed by atoms with Gasteiger partial charge in [0.2, 0.25) is 5.91 Å². The van der Waals surface area contributed by atoms with Crippen LogP contribution in [0.1, 0.15) is 55.8 Å². The molecule has 5 heteroatoms. The Bertz CT molecular complexity index is 620. The third-order valence-electron chi connectivity index (χ3n) is 5.04. The molecule has 1 amide bonds. The summed E-state index contributed by atoms with van der Waals surface area (Å²) in [5, 5.41) is 0. The Hall–Kier alpha value is -2.04. The highest BCUT2D eigenvalue weighted by atomic mass is 16.6. The van der Waals surface area contributed by atoms with E-state index in [4.69, 9.17) is 9.47 Å². The van der Waals surface area contributed by atoms with E-state index in [1.165, 1.54) is 0 Å². The highest BCUT2D eigenvalue weighted by Crippen LogP contribution is 2.32. The Kier molecular flexibility index (Phi) is 5.95. The van der Waals surface area contributed by atoms with Crippen molar-refractivity contribution in [3.63, 3.8) is 0 Å². The minimum absolute atomic E-state index is 0.0118. The molecule has 0 radical (unpaired) electrons. The van der Waals surface area contributed by atoms with Gasteiger partial charge < -0.3 is 14.4 Å². The zero-order valence-electron chi connectivity index (χ0n) is 15.0. The zero-order chi connectivity index (χ0) is 17.6. The fourth-order valence-electron chi connectivity index (χ4n) is 3.51. The maximum Gasteiger partial charge on any atom is 0.222 e. The first-order chi connectivity index (χ1) is 12.2. The lowest BCUT2D eigenvalue weighted by Crippen LogP contribution is -2.40. The standard InChI is InChI=1S/C20H27NO4/c1-2-3-4-5-19(22)21-10-8-15(9-11-21)20(23)16-6-7-17-18(14-16)25-13-12-24-17/h6-7,14-15H,2-5,8-13H2,1H3. The first-order valence-corrected chi connectivity index (χ1v) is 9.40. The molecule has 0 N–H and O–H groups in total. The van der Waals surface area contributed by atoms with Gasteiger partial charge >= 0.3 is 0 Å². The SMILES string of the molecule is CCCCCC(=O)N1CCC(C(=O)c2ccc3c(c2)OCCO3)CC1. The second-order valence-electron chi connectivity index (χ2n) is 6.83. The highest BCUT2D eigenvalue weighted by Gasteiger charge is 2.28. The molecule has 0 aromatic heterocycles. The summed E-state index contributed by atoms with van der Waals surface area (Å²) in [7, 11) is 0. The minimum atomic E-state index is -0.0118. The van der Waals surface area contributed by atoms with Gasteiger partial charge in [-0.05, 0) is 37.5 Å². The first kappa shape index (κ1) is 17.8. The van der Waals surface area contributed by atoms with E-state index >= 15 is 0 Å². The summed E-state index contributed by atoms with van der Waals surface area (Å²) in [6.45, 7) is 4.57. The van der Waals surface area contributed by atoms with Crippen LogP contribution in [0.25, 0.3) is 0 Å². The van der Waals surface area contributed by atoms with Crippen molar-refractivity contribution >= 4 is 11.7 Å². The number of benzene rings is 1. The van der Waals surface area contributed by atoms with Gasteiger partial charge in [0.25, 0.3) is 0 Å². The largest absolute Gasteiger partial charge is 0.486 e. The molecule has 5 nitrogen and oxygen atoms in total. The maximum absolute atomic E-state index is 12.8. The molecule has 25 heavy (non-hydrogen) atoms. The van der Waals surface area contributed by atoms with E-state index in [2.05, 4.69) is 6.92 Å². The molecule has 0 saturated carbocycles. The topological polar surface area (TPSA) is 55.8 Å². The van der Waals surface area contributed by atoms with Gasteiger partial charge in [0.15, 0.2) is 17.3 Å².